The first-order valence-corrected chi connectivity index (χ1v) is 8.95. The first kappa shape index (κ1) is 16.0. The molecule has 1 aliphatic rings. The predicted molar refractivity (Wildman–Crippen MR) is 93.6 cm³/mol. The number of thiazole rings is 1. The van der Waals surface area contributed by atoms with Crippen LogP contribution in [0.5, 0.6) is 0 Å². The maximum absolute atomic E-state index is 5.96. The fourth-order valence-corrected chi connectivity index (χ4v) is 3.52. The molecule has 0 saturated heterocycles. The van der Waals surface area contributed by atoms with Crippen LogP contribution in [0.3, 0.4) is 0 Å². The van der Waals surface area contributed by atoms with Crippen molar-refractivity contribution in [3.05, 3.63) is 23.3 Å². The highest BCUT2D eigenvalue weighted by molar-refractivity contribution is 7.13. The summed E-state index contributed by atoms with van der Waals surface area (Å²) in [4.78, 5) is 8.78. The van der Waals surface area contributed by atoms with E-state index in [1.807, 2.05) is 17.5 Å². The molecule has 1 fully saturated rings. The van der Waals surface area contributed by atoms with Crippen molar-refractivity contribution < 1.29 is 4.42 Å². The molecule has 5 N–H and O–H groups in total. The Balaban J connectivity index is 1.58. The summed E-state index contributed by atoms with van der Waals surface area (Å²) in [5, 5.41) is 5.75. The maximum Gasteiger partial charge on any atom is 0.212 e. The molecule has 23 heavy (non-hydrogen) atoms. The standard InChI is InChI=1S/C16H23N5OS/c17-8-12-6-7-14(22-12)13-10-23-16(20-13)21-15(18)19-9-11-4-2-1-3-5-11/h6-7,10-11H,1-5,8-9,17H2,(H3,18,19,20,21). The third kappa shape index (κ3) is 4.33. The van der Waals surface area contributed by atoms with Crippen molar-refractivity contribution in [2.24, 2.45) is 22.4 Å². The predicted octanol–water partition coefficient (Wildman–Crippen LogP) is 2.98. The minimum absolute atomic E-state index is 0.382. The summed E-state index contributed by atoms with van der Waals surface area (Å²) in [6.07, 6.45) is 6.58. The number of rotatable bonds is 5. The number of hydrogen-bond donors (Lipinski definition) is 3. The van der Waals surface area contributed by atoms with Gasteiger partial charge in [-0.3, -0.25) is 0 Å². The maximum atomic E-state index is 5.96. The van der Waals surface area contributed by atoms with Crippen LogP contribution in [0.1, 0.15) is 37.9 Å². The van der Waals surface area contributed by atoms with Crippen molar-refractivity contribution >= 4 is 22.4 Å². The molecule has 0 aromatic carbocycles. The first-order valence-electron chi connectivity index (χ1n) is 8.07. The highest BCUT2D eigenvalue weighted by Gasteiger charge is 2.13. The molecule has 0 unspecified atom stereocenters. The summed E-state index contributed by atoms with van der Waals surface area (Å²) in [6, 6.07) is 3.73. The molecular formula is C16H23N5OS. The van der Waals surface area contributed by atoms with Gasteiger partial charge in [0.25, 0.3) is 0 Å². The van der Waals surface area contributed by atoms with E-state index in [1.165, 1.54) is 43.4 Å². The van der Waals surface area contributed by atoms with Gasteiger partial charge >= 0.3 is 0 Å². The Kier molecular flexibility index (Phi) is 5.30. The van der Waals surface area contributed by atoms with Crippen molar-refractivity contribution in [1.29, 1.82) is 0 Å². The van der Waals surface area contributed by atoms with Crippen LogP contribution in [0.15, 0.2) is 26.9 Å². The number of guanidine groups is 1. The quantitative estimate of drug-likeness (QED) is 0.576. The van der Waals surface area contributed by atoms with Gasteiger partial charge in [0.05, 0.1) is 6.54 Å². The summed E-state index contributed by atoms with van der Waals surface area (Å²) in [6.45, 7) is 1.28. The number of furan rings is 1. The van der Waals surface area contributed by atoms with E-state index in [4.69, 9.17) is 15.9 Å². The van der Waals surface area contributed by atoms with Crippen LogP contribution in [0, 0.1) is 5.92 Å². The molecule has 0 bridgehead atoms. The zero-order chi connectivity index (χ0) is 16.1. The lowest BCUT2D eigenvalue weighted by Gasteiger charge is -2.21. The van der Waals surface area contributed by atoms with Crippen molar-refractivity contribution in [1.82, 2.24) is 10.3 Å². The van der Waals surface area contributed by atoms with Crippen molar-refractivity contribution in [3.63, 3.8) is 0 Å². The van der Waals surface area contributed by atoms with Crippen LogP contribution >= 0.6 is 11.3 Å². The van der Waals surface area contributed by atoms with Crippen LogP contribution < -0.4 is 16.8 Å². The molecule has 2 aromatic rings. The second-order valence-electron chi connectivity index (χ2n) is 5.87. The van der Waals surface area contributed by atoms with Gasteiger partial charge in [0.2, 0.25) is 5.13 Å². The Morgan fingerprint density at radius 3 is 2.91 bits per heavy atom. The average Bonchev–Trinajstić information content (AvgIpc) is 3.22. The van der Waals surface area contributed by atoms with Gasteiger partial charge < -0.3 is 21.2 Å². The molecule has 0 atom stereocenters. The molecule has 3 rings (SSSR count). The Morgan fingerprint density at radius 2 is 2.17 bits per heavy atom. The van der Waals surface area contributed by atoms with Crippen LogP contribution in [0.25, 0.3) is 11.5 Å². The van der Waals surface area contributed by atoms with Gasteiger partial charge in [0, 0.05) is 11.9 Å². The Bertz CT molecular complexity index is 657. The number of nitrogens with two attached hydrogens (primary N) is 2. The van der Waals surface area contributed by atoms with Gasteiger partial charge in [-0.25, -0.2) is 4.98 Å². The van der Waals surface area contributed by atoms with Crippen LogP contribution in [0.2, 0.25) is 0 Å². The zero-order valence-corrected chi connectivity index (χ0v) is 13.9. The van der Waals surface area contributed by atoms with Crippen LogP contribution in [-0.2, 0) is 6.54 Å². The minimum Gasteiger partial charge on any atom is -0.458 e. The topological polar surface area (TPSA) is 102 Å². The molecule has 7 heteroatoms. The highest BCUT2D eigenvalue weighted by Crippen LogP contribution is 2.28. The number of nitrogens with one attached hydrogen (secondary N) is 1. The van der Waals surface area contributed by atoms with Crippen molar-refractivity contribution in [2.75, 3.05) is 6.54 Å². The Morgan fingerprint density at radius 1 is 1.35 bits per heavy atom. The lowest BCUT2D eigenvalue weighted by molar-refractivity contribution is 0.356. The SMILES string of the molecule is NCc1ccc(-c2csc(/N=C(\N)NCC3CCCCC3)n2)o1. The second-order valence-corrected chi connectivity index (χ2v) is 6.70. The van der Waals surface area contributed by atoms with E-state index in [9.17, 15) is 0 Å². The molecule has 1 saturated carbocycles. The molecular weight excluding hydrogens is 310 g/mol. The van der Waals surface area contributed by atoms with Gasteiger partial charge in [-0.15, -0.1) is 11.3 Å². The van der Waals surface area contributed by atoms with E-state index in [2.05, 4.69) is 15.3 Å². The van der Waals surface area contributed by atoms with Gasteiger partial charge in [-0.2, -0.15) is 4.99 Å². The van der Waals surface area contributed by atoms with Gasteiger partial charge in [0.1, 0.15) is 11.5 Å². The third-order valence-corrected chi connectivity index (χ3v) is 4.85. The van der Waals surface area contributed by atoms with E-state index in [-0.39, 0.29) is 0 Å². The summed E-state index contributed by atoms with van der Waals surface area (Å²) in [7, 11) is 0. The van der Waals surface area contributed by atoms with Crippen molar-refractivity contribution in [2.45, 2.75) is 38.6 Å². The van der Waals surface area contributed by atoms with Crippen LogP contribution in [-0.4, -0.2) is 17.5 Å². The Hall–Kier alpha value is -1.86. The smallest absolute Gasteiger partial charge is 0.212 e. The van der Waals surface area contributed by atoms with E-state index < -0.39 is 0 Å². The van der Waals surface area contributed by atoms with E-state index in [0.29, 0.717) is 29.3 Å². The summed E-state index contributed by atoms with van der Waals surface area (Å²) < 4.78 is 5.59. The molecule has 0 amide bonds. The molecule has 0 aliphatic heterocycles. The van der Waals surface area contributed by atoms with Gasteiger partial charge in [-0.1, -0.05) is 19.3 Å². The lowest BCUT2D eigenvalue weighted by atomic mass is 9.89. The molecule has 124 valence electrons. The average molecular weight is 333 g/mol. The molecule has 2 aromatic heterocycles. The zero-order valence-electron chi connectivity index (χ0n) is 13.1. The first-order chi connectivity index (χ1) is 11.2. The number of hydrogen-bond acceptors (Lipinski definition) is 5. The summed E-state index contributed by atoms with van der Waals surface area (Å²) in [5.74, 6) is 2.59. The molecule has 0 radical (unpaired) electrons. The fourth-order valence-electron chi connectivity index (χ4n) is 2.84. The third-order valence-electron chi connectivity index (χ3n) is 4.12. The molecule has 6 nitrogen and oxygen atoms in total. The number of aromatic nitrogens is 1. The van der Waals surface area contributed by atoms with E-state index in [0.717, 1.165) is 18.0 Å². The number of aliphatic imine (C=N–C) groups is 1. The van der Waals surface area contributed by atoms with E-state index >= 15 is 0 Å². The van der Waals surface area contributed by atoms with E-state index in [1.54, 1.807) is 0 Å². The largest absolute Gasteiger partial charge is 0.458 e. The summed E-state index contributed by atoms with van der Waals surface area (Å²) >= 11 is 1.44. The highest BCUT2D eigenvalue weighted by atomic mass is 32.1. The Labute approximate surface area is 140 Å². The van der Waals surface area contributed by atoms with Gasteiger partial charge in [-0.05, 0) is 30.9 Å². The lowest BCUT2D eigenvalue weighted by Crippen LogP contribution is -2.35. The monoisotopic (exact) mass is 333 g/mol. The molecule has 1 aliphatic carbocycles. The number of nitrogens with zero attached hydrogens (tertiary/aromatic N) is 2. The normalized spacial score (nSPS) is 16.7. The van der Waals surface area contributed by atoms with Crippen molar-refractivity contribution in [3.8, 4) is 11.5 Å². The minimum atomic E-state index is 0.382. The molecule has 0 spiro atoms. The van der Waals surface area contributed by atoms with Gasteiger partial charge in [0.15, 0.2) is 11.7 Å². The van der Waals surface area contributed by atoms with Crippen LogP contribution in [0.4, 0.5) is 5.13 Å². The fraction of sp³-hybridized carbons (Fsp3) is 0.500. The molecule has 2 heterocycles. The summed E-state index contributed by atoms with van der Waals surface area (Å²) in [5.41, 5.74) is 12.3. The second kappa shape index (κ2) is 7.61.